The van der Waals surface area contributed by atoms with Crippen LogP contribution in [0.4, 0.5) is 0 Å². The highest BCUT2D eigenvalue weighted by molar-refractivity contribution is 6.65. The molecule has 5 heteroatoms. The first kappa shape index (κ1) is 13.1. The summed E-state index contributed by atoms with van der Waals surface area (Å²) in [6, 6.07) is 1.01. The Balaban J connectivity index is 3.81. The van der Waals surface area contributed by atoms with Crippen LogP contribution in [0.1, 0.15) is 13.3 Å². The van der Waals surface area contributed by atoms with Crippen LogP contribution in [0.15, 0.2) is 0 Å². The Labute approximate surface area is 81.8 Å². The smallest absolute Gasteiger partial charge is 0.334 e. The third-order valence-corrected chi connectivity index (χ3v) is 4.82. The van der Waals surface area contributed by atoms with Gasteiger partial charge < -0.3 is 20.3 Å². The molecule has 0 aromatic carbocycles. The average Bonchev–Trinajstić information content (AvgIpc) is 2.11. The molecule has 0 heterocycles. The second-order valence-corrected chi connectivity index (χ2v) is 6.98. The van der Waals surface area contributed by atoms with Crippen molar-refractivity contribution in [1.82, 2.24) is 0 Å². The van der Waals surface area contributed by atoms with Crippen molar-refractivity contribution in [3.63, 3.8) is 0 Å². The molecule has 0 amide bonds. The molecule has 0 saturated carbocycles. The minimum Gasteiger partial charge on any atom is -0.398 e. The summed E-state index contributed by atoms with van der Waals surface area (Å²) in [6.45, 7) is 5.23. The minimum absolute atomic E-state index is 0.0693. The van der Waals surface area contributed by atoms with E-state index in [1.807, 2.05) is 13.5 Å². The van der Waals surface area contributed by atoms with Gasteiger partial charge in [0.2, 0.25) is 0 Å². The molecule has 4 nitrogen and oxygen atoms in total. The molecule has 0 aromatic heterocycles. The van der Waals surface area contributed by atoms with E-state index < -0.39 is 8.56 Å². The highest BCUT2D eigenvalue weighted by Gasteiger charge is 2.29. The summed E-state index contributed by atoms with van der Waals surface area (Å²) in [7, 11) is -0.269. The van der Waals surface area contributed by atoms with Crippen LogP contribution in [0.5, 0.6) is 0 Å². The zero-order chi connectivity index (χ0) is 10.3. The molecule has 80 valence electrons. The van der Waals surface area contributed by atoms with E-state index >= 15 is 0 Å². The molecule has 0 rings (SSSR count). The van der Waals surface area contributed by atoms with Crippen LogP contribution in [-0.2, 0) is 8.85 Å². The Morgan fingerprint density at radius 3 is 2.46 bits per heavy atom. The Morgan fingerprint density at radius 2 is 2.08 bits per heavy atom. The predicted molar refractivity (Wildman–Crippen MR) is 56.7 cm³/mol. The fourth-order valence-electron chi connectivity index (χ4n) is 0.964. The second kappa shape index (κ2) is 6.50. The number of rotatable bonds is 7. The van der Waals surface area contributed by atoms with Crippen LogP contribution in [-0.4, -0.2) is 34.9 Å². The van der Waals surface area contributed by atoms with Crippen molar-refractivity contribution in [2.24, 2.45) is 11.5 Å². The van der Waals surface area contributed by atoms with E-state index in [2.05, 4.69) is 0 Å². The molecule has 0 bridgehead atoms. The van der Waals surface area contributed by atoms with Gasteiger partial charge in [-0.1, -0.05) is 0 Å². The van der Waals surface area contributed by atoms with E-state index in [4.69, 9.17) is 20.3 Å². The largest absolute Gasteiger partial charge is 0.398 e. The summed E-state index contributed by atoms with van der Waals surface area (Å²) < 4.78 is 11.1. The first-order chi connectivity index (χ1) is 6.04. The van der Waals surface area contributed by atoms with Gasteiger partial charge in [0.05, 0.1) is 6.61 Å². The number of nitrogens with two attached hydrogens (primary N) is 2. The van der Waals surface area contributed by atoms with Crippen molar-refractivity contribution in [1.29, 1.82) is 0 Å². The lowest BCUT2D eigenvalue weighted by atomic mass is 10.4. The van der Waals surface area contributed by atoms with Crippen molar-refractivity contribution < 1.29 is 8.85 Å². The van der Waals surface area contributed by atoms with Gasteiger partial charge in [0.15, 0.2) is 0 Å². The topological polar surface area (TPSA) is 70.5 Å². The Kier molecular flexibility index (Phi) is 6.53. The predicted octanol–water partition coefficient (Wildman–Crippen LogP) is 0.417. The molecule has 0 aliphatic heterocycles. The van der Waals surface area contributed by atoms with Crippen LogP contribution in [0, 0.1) is 0 Å². The van der Waals surface area contributed by atoms with Crippen molar-refractivity contribution in [2.45, 2.75) is 32.0 Å². The van der Waals surface area contributed by atoms with Crippen molar-refractivity contribution in [2.75, 3.05) is 20.3 Å². The molecule has 0 aromatic rings. The summed E-state index contributed by atoms with van der Waals surface area (Å²) in [4.78, 5) is 0. The SMILES string of the molecule is CO[Si](C)(CCCN)OCC(C)N. The zero-order valence-electron chi connectivity index (χ0n) is 8.88. The monoisotopic (exact) mass is 206 g/mol. The lowest BCUT2D eigenvalue weighted by Gasteiger charge is -2.25. The van der Waals surface area contributed by atoms with E-state index in [0.717, 1.165) is 12.5 Å². The molecule has 2 unspecified atom stereocenters. The number of hydrogen-bond acceptors (Lipinski definition) is 4. The molecule has 13 heavy (non-hydrogen) atoms. The number of hydrogen-bond donors (Lipinski definition) is 2. The van der Waals surface area contributed by atoms with Gasteiger partial charge in [-0.15, -0.1) is 0 Å². The summed E-state index contributed by atoms with van der Waals surface area (Å²) in [5, 5.41) is 0. The van der Waals surface area contributed by atoms with Gasteiger partial charge in [0.1, 0.15) is 0 Å². The van der Waals surface area contributed by atoms with E-state index in [0.29, 0.717) is 13.2 Å². The summed E-state index contributed by atoms with van der Waals surface area (Å²) in [5.41, 5.74) is 11.0. The maximum absolute atomic E-state index is 5.68. The second-order valence-electron chi connectivity index (χ2n) is 3.52. The molecule has 0 radical (unpaired) electrons. The fourth-order valence-corrected chi connectivity index (χ4v) is 2.89. The standard InChI is InChI=1S/C8H22N2O2Si/c1-8(10)7-12-13(3,11-2)6-4-5-9/h8H,4-7,9-10H2,1-3H3. The van der Waals surface area contributed by atoms with Gasteiger partial charge in [-0.25, -0.2) is 0 Å². The molecule has 0 aliphatic rings. The van der Waals surface area contributed by atoms with Crippen LogP contribution >= 0.6 is 0 Å². The minimum atomic E-state index is -1.97. The van der Waals surface area contributed by atoms with Crippen LogP contribution in [0.2, 0.25) is 12.6 Å². The summed E-state index contributed by atoms with van der Waals surface area (Å²) >= 11 is 0. The molecule has 0 spiro atoms. The highest BCUT2D eigenvalue weighted by Crippen LogP contribution is 2.14. The van der Waals surface area contributed by atoms with Crippen LogP contribution in [0.25, 0.3) is 0 Å². The summed E-state index contributed by atoms with van der Waals surface area (Å²) in [5.74, 6) is 0. The van der Waals surface area contributed by atoms with Crippen molar-refractivity contribution in [3.05, 3.63) is 0 Å². The molecule has 0 saturated heterocycles. The molecule has 0 aliphatic carbocycles. The Bertz CT molecular complexity index is 135. The van der Waals surface area contributed by atoms with Gasteiger partial charge in [-0.2, -0.15) is 0 Å². The third-order valence-electron chi connectivity index (χ3n) is 1.92. The van der Waals surface area contributed by atoms with E-state index in [1.165, 1.54) is 0 Å². The van der Waals surface area contributed by atoms with Crippen LogP contribution < -0.4 is 11.5 Å². The maximum Gasteiger partial charge on any atom is 0.334 e. The Hall–Kier alpha value is 0.0569. The van der Waals surface area contributed by atoms with Gasteiger partial charge in [0.25, 0.3) is 0 Å². The van der Waals surface area contributed by atoms with Crippen LogP contribution in [0.3, 0.4) is 0 Å². The van der Waals surface area contributed by atoms with Gasteiger partial charge in [-0.3, -0.25) is 0 Å². The molecular weight excluding hydrogens is 184 g/mol. The zero-order valence-corrected chi connectivity index (χ0v) is 9.88. The van der Waals surface area contributed by atoms with E-state index in [1.54, 1.807) is 7.11 Å². The molecule has 4 N–H and O–H groups in total. The van der Waals surface area contributed by atoms with Gasteiger partial charge >= 0.3 is 8.56 Å². The third kappa shape index (κ3) is 6.17. The highest BCUT2D eigenvalue weighted by atomic mass is 28.4. The maximum atomic E-state index is 5.68. The quantitative estimate of drug-likeness (QED) is 0.592. The van der Waals surface area contributed by atoms with Crippen molar-refractivity contribution >= 4 is 8.56 Å². The first-order valence-corrected chi connectivity index (χ1v) is 7.21. The van der Waals surface area contributed by atoms with E-state index in [9.17, 15) is 0 Å². The first-order valence-electron chi connectivity index (χ1n) is 4.69. The molecular formula is C8H22N2O2Si. The molecule has 2 atom stereocenters. The average molecular weight is 206 g/mol. The van der Waals surface area contributed by atoms with E-state index in [-0.39, 0.29) is 6.04 Å². The van der Waals surface area contributed by atoms with Gasteiger partial charge in [0, 0.05) is 13.2 Å². The molecule has 0 fully saturated rings. The lowest BCUT2D eigenvalue weighted by molar-refractivity contribution is 0.194. The van der Waals surface area contributed by atoms with Gasteiger partial charge in [-0.05, 0) is 32.5 Å². The normalized spacial score (nSPS) is 18.2. The lowest BCUT2D eigenvalue weighted by Crippen LogP contribution is -2.41. The van der Waals surface area contributed by atoms with Crippen molar-refractivity contribution in [3.8, 4) is 0 Å². The Morgan fingerprint density at radius 1 is 1.46 bits per heavy atom. The fraction of sp³-hybridized carbons (Fsp3) is 1.00. The summed E-state index contributed by atoms with van der Waals surface area (Å²) in [6.07, 6.45) is 0.954.